The van der Waals surface area contributed by atoms with E-state index in [1.807, 2.05) is 12.1 Å². The Labute approximate surface area is 120 Å². The molecule has 0 saturated carbocycles. The summed E-state index contributed by atoms with van der Waals surface area (Å²) in [7, 11) is 4.15. The molecule has 0 aliphatic carbocycles. The number of rotatable bonds is 7. The lowest BCUT2D eigenvalue weighted by atomic mass is 10.1. The van der Waals surface area contributed by atoms with E-state index in [0.29, 0.717) is 11.7 Å². The topological polar surface area (TPSA) is 78.0 Å². The monoisotopic (exact) mass is 279 g/mol. The molecule has 1 aromatic rings. The highest BCUT2D eigenvalue weighted by molar-refractivity contribution is 5.95. The van der Waals surface area contributed by atoms with E-state index in [1.54, 1.807) is 6.20 Å². The van der Waals surface area contributed by atoms with E-state index >= 15 is 0 Å². The van der Waals surface area contributed by atoms with Gasteiger partial charge in [0.15, 0.2) is 5.84 Å². The summed E-state index contributed by atoms with van der Waals surface area (Å²) in [5, 5.41) is 11.7. The van der Waals surface area contributed by atoms with Gasteiger partial charge < -0.3 is 15.8 Å². The molecule has 6 nitrogen and oxygen atoms in total. The summed E-state index contributed by atoms with van der Waals surface area (Å²) < 4.78 is 0. The van der Waals surface area contributed by atoms with Gasteiger partial charge in [-0.25, -0.2) is 0 Å². The Morgan fingerprint density at radius 1 is 1.50 bits per heavy atom. The third-order valence-electron chi connectivity index (χ3n) is 3.24. The summed E-state index contributed by atoms with van der Waals surface area (Å²) in [5.74, 6) is 0.0382. The number of nitrogens with two attached hydrogens (primary N) is 1. The molecule has 1 rings (SSSR count). The van der Waals surface area contributed by atoms with Crippen molar-refractivity contribution in [2.24, 2.45) is 10.9 Å². The fraction of sp³-hybridized carbons (Fsp3) is 0.571. The zero-order chi connectivity index (χ0) is 15.1. The summed E-state index contributed by atoms with van der Waals surface area (Å²) in [6.07, 6.45) is 1.69. The first-order chi connectivity index (χ1) is 9.47. The van der Waals surface area contributed by atoms with Gasteiger partial charge in [0.1, 0.15) is 5.69 Å². The number of hydrogen-bond acceptors (Lipinski definition) is 5. The van der Waals surface area contributed by atoms with E-state index < -0.39 is 0 Å². The first kappa shape index (κ1) is 16.4. The van der Waals surface area contributed by atoms with Gasteiger partial charge in [0.25, 0.3) is 0 Å². The Kier molecular flexibility index (Phi) is 6.41. The van der Waals surface area contributed by atoms with Crippen LogP contribution in [0.1, 0.15) is 25.1 Å². The van der Waals surface area contributed by atoms with Crippen molar-refractivity contribution in [1.82, 2.24) is 14.8 Å². The van der Waals surface area contributed by atoms with Crippen LogP contribution in [0.3, 0.4) is 0 Å². The Hall–Kier alpha value is -1.66. The van der Waals surface area contributed by atoms with Crippen molar-refractivity contribution >= 4 is 5.84 Å². The van der Waals surface area contributed by atoms with E-state index in [-0.39, 0.29) is 5.84 Å². The van der Waals surface area contributed by atoms with Crippen LogP contribution in [0, 0.1) is 0 Å². The first-order valence-corrected chi connectivity index (χ1v) is 6.79. The number of likely N-dealkylation sites (N-methyl/N-ethyl adjacent to an activating group) is 2. The first-order valence-electron chi connectivity index (χ1n) is 6.79. The molecule has 0 spiro atoms. The number of pyridine rings is 1. The Morgan fingerprint density at radius 3 is 2.75 bits per heavy atom. The molecule has 0 amide bonds. The molecule has 1 unspecified atom stereocenters. The van der Waals surface area contributed by atoms with Crippen molar-refractivity contribution in [3.8, 4) is 0 Å². The minimum absolute atomic E-state index is 0.0382. The summed E-state index contributed by atoms with van der Waals surface area (Å²) in [4.78, 5) is 8.66. The summed E-state index contributed by atoms with van der Waals surface area (Å²) in [5.41, 5.74) is 7.18. The molecule has 1 aromatic heterocycles. The lowest BCUT2D eigenvalue weighted by Crippen LogP contribution is -2.39. The Bertz CT molecular complexity index is 447. The summed E-state index contributed by atoms with van der Waals surface area (Å²) >= 11 is 0. The maximum atomic E-state index is 8.70. The van der Waals surface area contributed by atoms with Crippen LogP contribution in [-0.4, -0.2) is 59.1 Å². The second-order valence-electron chi connectivity index (χ2n) is 5.21. The molecule has 20 heavy (non-hydrogen) atoms. The van der Waals surface area contributed by atoms with Crippen LogP contribution in [0.4, 0.5) is 0 Å². The van der Waals surface area contributed by atoms with Gasteiger partial charge in [-0.1, -0.05) is 12.1 Å². The molecule has 6 heteroatoms. The number of nitrogens with zero attached hydrogens (tertiary/aromatic N) is 4. The molecule has 0 aliphatic heterocycles. The van der Waals surface area contributed by atoms with Crippen LogP contribution in [0.2, 0.25) is 0 Å². The number of amidine groups is 1. The standard InChI is InChI=1S/C14H25N5O/c1-5-19(11(2)9-18(3)4)10-12-6-7-16-13(8-12)14(15)17-20/h6-8,11,20H,5,9-10H2,1-4H3,(H2,15,17). The van der Waals surface area contributed by atoms with Crippen molar-refractivity contribution in [3.05, 3.63) is 29.6 Å². The Balaban J connectivity index is 2.80. The van der Waals surface area contributed by atoms with E-state index in [4.69, 9.17) is 10.9 Å². The fourth-order valence-corrected chi connectivity index (χ4v) is 2.22. The smallest absolute Gasteiger partial charge is 0.188 e. The molecule has 1 heterocycles. The molecule has 0 aliphatic rings. The van der Waals surface area contributed by atoms with Crippen LogP contribution in [0.5, 0.6) is 0 Å². The van der Waals surface area contributed by atoms with Crippen molar-refractivity contribution in [3.63, 3.8) is 0 Å². The SMILES string of the molecule is CCN(Cc1ccnc(/C(N)=N/O)c1)C(C)CN(C)C. The second kappa shape index (κ2) is 7.81. The fourth-order valence-electron chi connectivity index (χ4n) is 2.22. The van der Waals surface area contributed by atoms with Crippen LogP contribution >= 0.6 is 0 Å². The van der Waals surface area contributed by atoms with E-state index in [2.05, 4.69) is 47.9 Å². The van der Waals surface area contributed by atoms with Crippen LogP contribution in [0.25, 0.3) is 0 Å². The van der Waals surface area contributed by atoms with Crippen molar-refractivity contribution in [1.29, 1.82) is 0 Å². The third-order valence-corrected chi connectivity index (χ3v) is 3.24. The minimum Gasteiger partial charge on any atom is -0.409 e. The zero-order valence-electron chi connectivity index (χ0n) is 12.7. The van der Waals surface area contributed by atoms with Crippen LogP contribution in [0.15, 0.2) is 23.5 Å². The van der Waals surface area contributed by atoms with Crippen molar-refractivity contribution < 1.29 is 5.21 Å². The summed E-state index contributed by atoms with van der Waals surface area (Å²) in [6.45, 7) is 7.16. The second-order valence-corrected chi connectivity index (χ2v) is 5.21. The summed E-state index contributed by atoms with van der Waals surface area (Å²) in [6, 6.07) is 4.27. The molecular formula is C14H25N5O. The van der Waals surface area contributed by atoms with Crippen LogP contribution in [-0.2, 0) is 6.54 Å². The minimum atomic E-state index is 0.0382. The number of hydrogen-bond donors (Lipinski definition) is 2. The molecule has 0 aromatic carbocycles. The van der Waals surface area contributed by atoms with Crippen molar-refractivity contribution in [2.45, 2.75) is 26.4 Å². The van der Waals surface area contributed by atoms with Gasteiger partial charge in [0.05, 0.1) is 0 Å². The molecule has 0 radical (unpaired) electrons. The predicted octanol–water partition coefficient (Wildman–Crippen LogP) is 0.948. The van der Waals surface area contributed by atoms with Gasteiger partial charge in [-0.2, -0.15) is 0 Å². The average molecular weight is 279 g/mol. The predicted molar refractivity (Wildman–Crippen MR) is 80.8 cm³/mol. The maximum absolute atomic E-state index is 8.70. The van der Waals surface area contributed by atoms with Gasteiger partial charge in [-0.15, -0.1) is 0 Å². The third kappa shape index (κ3) is 4.79. The molecule has 112 valence electrons. The van der Waals surface area contributed by atoms with Gasteiger partial charge in [0.2, 0.25) is 0 Å². The quantitative estimate of drug-likeness (QED) is 0.336. The van der Waals surface area contributed by atoms with E-state index in [0.717, 1.165) is 25.2 Å². The van der Waals surface area contributed by atoms with Gasteiger partial charge in [0, 0.05) is 25.3 Å². The Morgan fingerprint density at radius 2 is 2.20 bits per heavy atom. The van der Waals surface area contributed by atoms with Crippen LogP contribution < -0.4 is 5.73 Å². The highest BCUT2D eigenvalue weighted by atomic mass is 16.4. The van der Waals surface area contributed by atoms with Gasteiger partial charge >= 0.3 is 0 Å². The average Bonchev–Trinajstić information content (AvgIpc) is 2.43. The molecule has 3 N–H and O–H groups in total. The normalized spacial score (nSPS) is 14.0. The van der Waals surface area contributed by atoms with E-state index in [9.17, 15) is 0 Å². The largest absolute Gasteiger partial charge is 0.409 e. The number of oxime groups is 1. The van der Waals surface area contributed by atoms with Crippen molar-refractivity contribution in [2.75, 3.05) is 27.2 Å². The van der Waals surface area contributed by atoms with E-state index in [1.165, 1.54) is 0 Å². The lowest BCUT2D eigenvalue weighted by Gasteiger charge is -2.30. The maximum Gasteiger partial charge on any atom is 0.188 e. The molecule has 1 atom stereocenters. The van der Waals surface area contributed by atoms with Gasteiger partial charge in [-0.3, -0.25) is 9.88 Å². The highest BCUT2D eigenvalue weighted by Crippen LogP contribution is 2.09. The molecular weight excluding hydrogens is 254 g/mol. The highest BCUT2D eigenvalue weighted by Gasteiger charge is 2.14. The lowest BCUT2D eigenvalue weighted by molar-refractivity contribution is 0.174. The molecule has 0 fully saturated rings. The number of aromatic nitrogens is 1. The molecule has 0 bridgehead atoms. The van der Waals surface area contributed by atoms with Gasteiger partial charge in [-0.05, 0) is 45.3 Å². The molecule has 0 saturated heterocycles. The zero-order valence-corrected chi connectivity index (χ0v) is 12.7.